The highest BCUT2D eigenvalue weighted by Crippen LogP contribution is 2.30. The van der Waals surface area contributed by atoms with E-state index in [0.29, 0.717) is 11.4 Å². The highest BCUT2D eigenvalue weighted by molar-refractivity contribution is 7.86. The van der Waals surface area contributed by atoms with Gasteiger partial charge in [-0.25, -0.2) is 0 Å². The third-order valence-electron chi connectivity index (χ3n) is 8.09. The molecule has 0 saturated carbocycles. The van der Waals surface area contributed by atoms with Gasteiger partial charge >= 0.3 is 10.1 Å². The molecule has 7 rings (SSSR count). The van der Waals surface area contributed by atoms with Crippen molar-refractivity contribution in [3.8, 4) is 0 Å². The van der Waals surface area contributed by atoms with E-state index in [1.165, 1.54) is 12.1 Å². The summed E-state index contributed by atoms with van der Waals surface area (Å²) in [6.07, 6.45) is 1.64. The van der Waals surface area contributed by atoms with Crippen LogP contribution in [0.2, 0.25) is 0 Å². The van der Waals surface area contributed by atoms with Crippen LogP contribution in [0.25, 0.3) is 49.2 Å². The third-order valence-corrected chi connectivity index (χ3v) is 9.21. The quantitative estimate of drug-likeness (QED) is 0.0852. The monoisotopic (exact) mass is 636 g/mol. The van der Waals surface area contributed by atoms with E-state index in [4.69, 9.17) is 9.49 Å². The summed E-state index contributed by atoms with van der Waals surface area (Å²) in [7, 11) is -4.02. The molecule has 0 atom stereocenters. The second-order valence-corrected chi connectivity index (χ2v) is 12.6. The van der Waals surface area contributed by atoms with Crippen molar-refractivity contribution < 1.29 is 17.9 Å². The molecular weight excluding hydrogens is 605 g/mol. The van der Waals surface area contributed by atoms with Gasteiger partial charge in [0.15, 0.2) is 0 Å². The van der Waals surface area contributed by atoms with Crippen LogP contribution in [0.3, 0.4) is 0 Å². The SMILES string of the molecule is C/C(=N\O)c1c2ccccc2cc2ccccc12.C=Cc1ccc(S(=O)(=O)O/N=C(\C)c2c3ccccc3cc3ccccc23)cc1. The molecule has 0 aliphatic carbocycles. The Balaban J connectivity index is 0.000000183. The molecule has 0 amide bonds. The maximum atomic E-state index is 12.5. The predicted octanol–water partition coefficient (Wildman–Crippen LogP) is 9.96. The van der Waals surface area contributed by atoms with Crippen molar-refractivity contribution in [3.05, 3.63) is 157 Å². The highest BCUT2D eigenvalue weighted by atomic mass is 32.2. The van der Waals surface area contributed by atoms with Gasteiger partial charge in [0.2, 0.25) is 0 Å². The first-order valence-electron chi connectivity index (χ1n) is 15.0. The summed E-state index contributed by atoms with van der Waals surface area (Å²) in [5, 5.41) is 25.1. The molecule has 0 heterocycles. The Bertz CT molecular complexity index is 2340. The Hall–Kier alpha value is -5.79. The number of rotatable bonds is 6. The van der Waals surface area contributed by atoms with E-state index in [1.54, 1.807) is 25.1 Å². The van der Waals surface area contributed by atoms with Crippen molar-refractivity contribution in [3.63, 3.8) is 0 Å². The zero-order valence-electron chi connectivity index (χ0n) is 26.0. The van der Waals surface area contributed by atoms with Gasteiger partial charge in [0.1, 0.15) is 4.90 Å². The second kappa shape index (κ2) is 13.3. The third kappa shape index (κ3) is 6.34. The molecule has 0 radical (unpaired) electrons. The summed E-state index contributed by atoms with van der Waals surface area (Å²) in [5.74, 6) is 0. The number of fused-ring (bicyclic) bond motifs is 4. The lowest BCUT2D eigenvalue weighted by Gasteiger charge is -2.11. The first kappa shape index (κ1) is 31.2. The van der Waals surface area contributed by atoms with Crippen molar-refractivity contribution in [1.82, 2.24) is 0 Å². The minimum absolute atomic E-state index is 0.0439. The van der Waals surface area contributed by atoms with Crippen LogP contribution in [0.15, 0.2) is 155 Å². The average molecular weight is 637 g/mol. The van der Waals surface area contributed by atoms with E-state index in [2.05, 4.69) is 53.3 Å². The minimum Gasteiger partial charge on any atom is -0.411 e. The molecule has 47 heavy (non-hydrogen) atoms. The van der Waals surface area contributed by atoms with Gasteiger partial charge in [-0.05, 0) is 86.8 Å². The molecule has 0 unspecified atom stereocenters. The van der Waals surface area contributed by atoms with Gasteiger partial charge in [-0.2, -0.15) is 8.42 Å². The molecule has 0 spiro atoms. The lowest BCUT2D eigenvalue weighted by Crippen LogP contribution is -2.06. The number of hydrogen-bond acceptors (Lipinski definition) is 6. The van der Waals surface area contributed by atoms with Crippen molar-refractivity contribution in [2.75, 3.05) is 0 Å². The van der Waals surface area contributed by atoms with Crippen LogP contribution in [0, 0.1) is 0 Å². The molecule has 232 valence electrons. The van der Waals surface area contributed by atoms with E-state index in [-0.39, 0.29) is 4.90 Å². The first-order chi connectivity index (χ1) is 22.8. The topological polar surface area (TPSA) is 88.3 Å². The van der Waals surface area contributed by atoms with Crippen molar-refractivity contribution >= 4 is 70.7 Å². The highest BCUT2D eigenvalue weighted by Gasteiger charge is 2.17. The zero-order chi connectivity index (χ0) is 33.0. The number of nitrogens with zero attached hydrogens (tertiary/aromatic N) is 2. The van der Waals surface area contributed by atoms with Gasteiger partial charge in [-0.3, -0.25) is 4.28 Å². The van der Waals surface area contributed by atoms with Crippen molar-refractivity contribution in [1.29, 1.82) is 0 Å². The van der Waals surface area contributed by atoms with Crippen LogP contribution in [0.5, 0.6) is 0 Å². The molecule has 0 aliphatic heterocycles. The van der Waals surface area contributed by atoms with Crippen LogP contribution in [0.1, 0.15) is 30.5 Å². The minimum atomic E-state index is -4.02. The maximum Gasteiger partial charge on any atom is 0.358 e. The molecule has 1 N–H and O–H groups in total. The summed E-state index contributed by atoms with van der Waals surface area (Å²) >= 11 is 0. The van der Waals surface area contributed by atoms with Gasteiger partial charge in [-0.1, -0.05) is 132 Å². The number of benzene rings is 7. The molecule has 6 nitrogen and oxygen atoms in total. The second-order valence-electron chi connectivity index (χ2n) is 11.1. The Kier molecular flexibility index (Phi) is 8.82. The van der Waals surface area contributed by atoms with Gasteiger partial charge in [-0.15, -0.1) is 0 Å². The Morgan fingerprint density at radius 1 is 0.617 bits per heavy atom. The fraction of sp³-hybridized carbons (Fsp3) is 0.0500. The fourth-order valence-electron chi connectivity index (χ4n) is 5.82. The van der Waals surface area contributed by atoms with Crippen LogP contribution in [-0.2, 0) is 14.4 Å². The number of oxime groups is 2. The standard InChI is InChI=1S/C24H19NO3S.C16H13NO/c1-3-18-12-14-21(15-13-18)29(26,27)28-25-17(2)24-22-10-6-4-8-19(22)16-20-9-5-7-11-23(20)24;1-11(17-18)16-14-8-4-2-6-12(14)10-13-7-3-5-9-15(13)16/h3-16H,1H2,2H3;2-10,18H,1H3/b25-17+;17-11+. The molecular formula is C40H32N2O4S. The maximum absolute atomic E-state index is 12.5. The van der Waals surface area contributed by atoms with E-state index >= 15 is 0 Å². The summed E-state index contributed by atoms with van der Waals surface area (Å²) in [5.41, 5.74) is 3.82. The largest absolute Gasteiger partial charge is 0.411 e. The van der Waals surface area contributed by atoms with Crippen molar-refractivity contribution in [2.24, 2.45) is 10.3 Å². The van der Waals surface area contributed by atoms with Gasteiger partial charge < -0.3 is 5.21 Å². The summed E-state index contributed by atoms with van der Waals surface area (Å²) < 4.78 is 30.1. The normalized spacial score (nSPS) is 12.2. The Labute approximate surface area is 273 Å². The lowest BCUT2D eigenvalue weighted by atomic mass is 9.94. The molecule has 0 saturated heterocycles. The van der Waals surface area contributed by atoms with Crippen molar-refractivity contribution in [2.45, 2.75) is 18.7 Å². The molecule has 7 aromatic rings. The molecule has 0 fully saturated rings. The van der Waals surface area contributed by atoms with Crippen LogP contribution in [-0.4, -0.2) is 25.0 Å². The molecule has 0 aliphatic rings. The summed E-state index contributed by atoms with van der Waals surface area (Å²) in [4.78, 5) is 0.0439. The molecule has 0 bridgehead atoms. The van der Waals surface area contributed by atoms with E-state index in [0.717, 1.165) is 59.8 Å². The smallest absolute Gasteiger partial charge is 0.358 e. The Morgan fingerprint density at radius 3 is 1.38 bits per heavy atom. The van der Waals surface area contributed by atoms with Gasteiger partial charge in [0.25, 0.3) is 0 Å². The zero-order valence-corrected chi connectivity index (χ0v) is 26.8. The van der Waals surface area contributed by atoms with E-state index in [9.17, 15) is 8.42 Å². The molecule has 7 heteroatoms. The van der Waals surface area contributed by atoms with Crippen LogP contribution < -0.4 is 0 Å². The van der Waals surface area contributed by atoms with Gasteiger partial charge in [0, 0.05) is 11.1 Å². The summed E-state index contributed by atoms with van der Waals surface area (Å²) in [6, 6.07) is 42.8. The number of hydrogen-bond donors (Lipinski definition) is 1. The van der Waals surface area contributed by atoms with E-state index < -0.39 is 10.1 Å². The summed E-state index contributed by atoms with van der Waals surface area (Å²) in [6.45, 7) is 7.25. The van der Waals surface area contributed by atoms with Crippen LogP contribution in [0.4, 0.5) is 0 Å². The molecule has 7 aromatic carbocycles. The predicted molar refractivity (Wildman–Crippen MR) is 194 cm³/mol. The first-order valence-corrected chi connectivity index (χ1v) is 16.4. The van der Waals surface area contributed by atoms with Crippen LogP contribution >= 0.6 is 0 Å². The fourth-order valence-corrected chi connectivity index (χ4v) is 6.59. The van der Waals surface area contributed by atoms with E-state index in [1.807, 2.05) is 79.7 Å². The lowest BCUT2D eigenvalue weighted by molar-refractivity contribution is 0.319. The van der Waals surface area contributed by atoms with Gasteiger partial charge in [0.05, 0.1) is 11.4 Å². The Morgan fingerprint density at radius 2 is 1.00 bits per heavy atom. The average Bonchev–Trinajstić information content (AvgIpc) is 3.11. The molecule has 0 aromatic heterocycles.